The third kappa shape index (κ3) is 4.99. The summed E-state index contributed by atoms with van der Waals surface area (Å²) in [6.07, 6.45) is 4.16. The third-order valence-electron chi connectivity index (χ3n) is 3.55. The lowest BCUT2D eigenvalue weighted by Gasteiger charge is -2.30. The molecule has 6 heteroatoms. The third-order valence-corrected chi connectivity index (χ3v) is 3.55. The van der Waals surface area contributed by atoms with Crippen LogP contribution in [0.4, 0.5) is 0 Å². The number of halogens is 1. The van der Waals surface area contributed by atoms with E-state index in [2.05, 4.69) is 5.32 Å². The molecule has 1 saturated carbocycles. The van der Waals surface area contributed by atoms with Crippen LogP contribution in [-0.2, 0) is 9.59 Å². The van der Waals surface area contributed by atoms with E-state index in [1.54, 1.807) is 25.9 Å². The molecule has 0 heterocycles. The van der Waals surface area contributed by atoms with Gasteiger partial charge in [-0.15, -0.1) is 12.4 Å². The first kappa shape index (κ1) is 18.2. The maximum Gasteiger partial charge on any atom is 0.230 e. The summed E-state index contributed by atoms with van der Waals surface area (Å²) in [6.45, 7) is 2.24. The second kappa shape index (κ2) is 7.70. The first-order chi connectivity index (χ1) is 8.37. The molecule has 0 aromatic heterocycles. The van der Waals surface area contributed by atoms with Crippen molar-refractivity contribution in [1.82, 2.24) is 10.2 Å². The molecule has 1 atom stereocenters. The van der Waals surface area contributed by atoms with Crippen LogP contribution in [0.2, 0.25) is 0 Å². The number of nitrogens with two attached hydrogens (primary N) is 1. The van der Waals surface area contributed by atoms with Crippen molar-refractivity contribution in [3.05, 3.63) is 0 Å². The molecule has 0 bridgehead atoms. The van der Waals surface area contributed by atoms with Crippen molar-refractivity contribution < 1.29 is 9.59 Å². The molecule has 0 radical (unpaired) electrons. The predicted molar refractivity (Wildman–Crippen MR) is 78.1 cm³/mol. The standard InChI is InChI=1S/C13H25N3O2.ClH/c1-10(14)8-11(17)15-9-13(6-4-5-7-13)12(18)16(2)3;/h10H,4-9,14H2,1-3H3,(H,15,17);1H. The molecule has 1 aliphatic carbocycles. The summed E-state index contributed by atoms with van der Waals surface area (Å²) in [5, 5.41) is 2.87. The van der Waals surface area contributed by atoms with Crippen molar-refractivity contribution in [1.29, 1.82) is 0 Å². The lowest BCUT2D eigenvalue weighted by atomic mass is 9.84. The summed E-state index contributed by atoms with van der Waals surface area (Å²) in [4.78, 5) is 25.5. The molecular formula is C13H26ClN3O2. The highest BCUT2D eigenvalue weighted by Gasteiger charge is 2.42. The molecule has 1 aliphatic rings. The zero-order valence-electron chi connectivity index (χ0n) is 12.1. The van der Waals surface area contributed by atoms with Gasteiger partial charge in [-0.1, -0.05) is 12.8 Å². The number of nitrogens with one attached hydrogen (secondary N) is 1. The fourth-order valence-electron chi connectivity index (χ4n) is 2.62. The number of carbonyl (C=O) groups excluding carboxylic acids is 2. The summed E-state index contributed by atoms with van der Waals surface area (Å²) < 4.78 is 0. The Morgan fingerprint density at radius 1 is 1.32 bits per heavy atom. The van der Waals surface area contributed by atoms with Gasteiger partial charge < -0.3 is 16.0 Å². The molecule has 0 aliphatic heterocycles. The monoisotopic (exact) mass is 291 g/mol. The molecule has 0 saturated heterocycles. The molecule has 5 nitrogen and oxygen atoms in total. The van der Waals surface area contributed by atoms with Gasteiger partial charge in [0.2, 0.25) is 11.8 Å². The lowest BCUT2D eigenvalue weighted by molar-refractivity contribution is -0.139. The van der Waals surface area contributed by atoms with Gasteiger partial charge in [-0.25, -0.2) is 0 Å². The Bertz CT molecular complexity index is 313. The van der Waals surface area contributed by atoms with Gasteiger partial charge in [0, 0.05) is 33.1 Å². The van der Waals surface area contributed by atoms with Gasteiger partial charge in [-0.3, -0.25) is 9.59 Å². The zero-order chi connectivity index (χ0) is 13.8. The second-order valence-corrected chi connectivity index (χ2v) is 5.65. The van der Waals surface area contributed by atoms with E-state index in [1.165, 1.54) is 0 Å². The van der Waals surface area contributed by atoms with E-state index in [1.807, 2.05) is 0 Å². The number of rotatable bonds is 5. The smallest absolute Gasteiger partial charge is 0.230 e. The molecule has 1 fully saturated rings. The van der Waals surface area contributed by atoms with E-state index in [0.717, 1.165) is 25.7 Å². The van der Waals surface area contributed by atoms with Crippen LogP contribution in [0.3, 0.4) is 0 Å². The van der Waals surface area contributed by atoms with Gasteiger partial charge in [0.1, 0.15) is 0 Å². The summed E-state index contributed by atoms with van der Waals surface area (Å²) in [5.74, 6) is 0.0592. The fourth-order valence-corrected chi connectivity index (χ4v) is 2.62. The van der Waals surface area contributed by atoms with Crippen LogP contribution in [0, 0.1) is 5.41 Å². The highest BCUT2D eigenvalue weighted by Crippen LogP contribution is 2.38. The first-order valence-electron chi connectivity index (χ1n) is 6.61. The summed E-state index contributed by atoms with van der Waals surface area (Å²) in [5.41, 5.74) is 5.19. The molecule has 0 spiro atoms. The molecular weight excluding hydrogens is 266 g/mol. The van der Waals surface area contributed by atoms with E-state index in [0.29, 0.717) is 13.0 Å². The molecule has 1 rings (SSSR count). The Balaban J connectivity index is 0.00000324. The van der Waals surface area contributed by atoms with Crippen LogP contribution >= 0.6 is 12.4 Å². The molecule has 0 aromatic rings. The molecule has 112 valence electrons. The molecule has 0 aromatic carbocycles. The quantitative estimate of drug-likeness (QED) is 0.790. The minimum atomic E-state index is -0.392. The van der Waals surface area contributed by atoms with Crippen molar-refractivity contribution in [2.45, 2.75) is 45.1 Å². The van der Waals surface area contributed by atoms with E-state index < -0.39 is 5.41 Å². The van der Waals surface area contributed by atoms with E-state index in [4.69, 9.17) is 5.73 Å². The number of nitrogens with zero attached hydrogens (tertiary/aromatic N) is 1. The van der Waals surface area contributed by atoms with Crippen LogP contribution in [0.25, 0.3) is 0 Å². The maximum atomic E-state index is 12.3. The zero-order valence-corrected chi connectivity index (χ0v) is 12.9. The van der Waals surface area contributed by atoms with Gasteiger partial charge in [0.15, 0.2) is 0 Å². The van der Waals surface area contributed by atoms with Crippen LogP contribution in [0.15, 0.2) is 0 Å². The van der Waals surface area contributed by atoms with Gasteiger partial charge in [-0.05, 0) is 19.8 Å². The molecule has 1 unspecified atom stereocenters. The second-order valence-electron chi connectivity index (χ2n) is 5.65. The average molecular weight is 292 g/mol. The van der Waals surface area contributed by atoms with Crippen LogP contribution in [0.1, 0.15) is 39.0 Å². The number of hydrogen-bond acceptors (Lipinski definition) is 3. The van der Waals surface area contributed by atoms with Crippen molar-refractivity contribution in [3.63, 3.8) is 0 Å². The molecule has 3 N–H and O–H groups in total. The SMILES string of the molecule is CC(N)CC(=O)NCC1(C(=O)N(C)C)CCCC1.Cl. The minimum Gasteiger partial charge on any atom is -0.355 e. The Hall–Kier alpha value is -0.810. The number of hydrogen-bond donors (Lipinski definition) is 2. The summed E-state index contributed by atoms with van der Waals surface area (Å²) in [7, 11) is 3.54. The van der Waals surface area contributed by atoms with Crippen LogP contribution < -0.4 is 11.1 Å². The molecule has 19 heavy (non-hydrogen) atoms. The highest BCUT2D eigenvalue weighted by atomic mass is 35.5. The normalized spacial score (nSPS) is 18.3. The Morgan fingerprint density at radius 3 is 2.26 bits per heavy atom. The number of carbonyl (C=O) groups is 2. The first-order valence-corrected chi connectivity index (χ1v) is 6.61. The van der Waals surface area contributed by atoms with Gasteiger partial charge in [0.05, 0.1) is 5.41 Å². The van der Waals surface area contributed by atoms with Crippen molar-refractivity contribution in [3.8, 4) is 0 Å². The highest BCUT2D eigenvalue weighted by molar-refractivity contribution is 5.85. The van der Waals surface area contributed by atoms with Crippen LogP contribution in [0.5, 0.6) is 0 Å². The predicted octanol–water partition coefficient (Wildman–Crippen LogP) is 0.910. The van der Waals surface area contributed by atoms with Crippen molar-refractivity contribution in [2.24, 2.45) is 11.1 Å². The fraction of sp³-hybridized carbons (Fsp3) is 0.846. The van der Waals surface area contributed by atoms with E-state index >= 15 is 0 Å². The summed E-state index contributed by atoms with van der Waals surface area (Å²) >= 11 is 0. The Kier molecular flexibility index (Phi) is 7.37. The maximum absolute atomic E-state index is 12.3. The Labute approximate surface area is 121 Å². The average Bonchev–Trinajstić information content (AvgIpc) is 2.74. The lowest BCUT2D eigenvalue weighted by Crippen LogP contribution is -2.47. The van der Waals surface area contributed by atoms with Gasteiger partial charge in [0.25, 0.3) is 0 Å². The van der Waals surface area contributed by atoms with Crippen molar-refractivity contribution >= 4 is 24.2 Å². The van der Waals surface area contributed by atoms with Crippen molar-refractivity contribution in [2.75, 3.05) is 20.6 Å². The van der Waals surface area contributed by atoms with E-state index in [-0.39, 0.29) is 30.3 Å². The summed E-state index contributed by atoms with van der Waals surface area (Å²) in [6, 6.07) is -0.144. The molecule has 2 amide bonds. The minimum absolute atomic E-state index is 0. The van der Waals surface area contributed by atoms with Crippen LogP contribution in [-0.4, -0.2) is 43.4 Å². The number of amides is 2. The largest absolute Gasteiger partial charge is 0.355 e. The topological polar surface area (TPSA) is 75.4 Å². The van der Waals surface area contributed by atoms with Gasteiger partial charge in [-0.2, -0.15) is 0 Å². The van der Waals surface area contributed by atoms with Gasteiger partial charge >= 0.3 is 0 Å². The Morgan fingerprint density at radius 2 is 1.84 bits per heavy atom. The van der Waals surface area contributed by atoms with E-state index in [9.17, 15) is 9.59 Å².